The van der Waals surface area contributed by atoms with Crippen LogP contribution >= 0.6 is 12.4 Å². The second-order valence-electron chi connectivity index (χ2n) is 3.96. The quantitative estimate of drug-likeness (QED) is 0.798. The van der Waals surface area contributed by atoms with Crippen molar-refractivity contribution in [2.24, 2.45) is 0 Å². The summed E-state index contributed by atoms with van der Waals surface area (Å²) < 4.78 is 0. The summed E-state index contributed by atoms with van der Waals surface area (Å²) in [4.78, 5) is 13.1. The number of piperazine rings is 1. The van der Waals surface area contributed by atoms with Crippen molar-refractivity contribution in [1.29, 1.82) is 0 Å². The zero-order valence-electron chi connectivity index (χ0n) is 9.40. The first-order chi connectivity index (χ1) is 7.29. The molecule has 88 valence electrons. The van der Waals surface area contributed by atoms with Gasteiger partial charge in [-0.15, -0.1) is 12.4 Å². The standard InChI is InChI=1S/C12H16N2O.ClH/c1-10-6-11(9-15)8-12(7-10)14-4-2-13-3-5-14;/h6-9,13H,2-5H2,1H3;1H. The van der Waals surface area contributed by atoms with Gasteiger partial charge in [-0.2, -0.15) is 0 Å². The Balaban J connectivity index is 0.00000128. The van der Waals surface area contributed by atoms with Gasteiger partial charge in [0.1, 0.15) is 6.29 Å². The molecular weight excluding hydrogens is 224 g/mol. The third kappa shape index (κ3) is 2.97. The zero-order valence-corrected chi connectivity index (χ0v) is 10.2. The van der Waals surface area contributed by atoms with Gasteiger partial charge in [-0.25, -0.2) is 0 Å². The van der Waals surface area contributed by atoms with E-state index in [4.69, 9.17) is 0 Å². The molecule has 1 saturated heterocycles. The molecule has 1 N–H and O–H groups in total. The van der Waals surface area contributed by atoms with E-state index in [1.807, 2.05) is 19.1 Å². The summed E-state index contributed by atoms with van der Waals surface area (Å²) in [6.07, 6.45) is 0.915. The van der Waals surface area contributed by atoms with Crippen LogP contribution in [0.15, 0.2) is 18.2 Å². The number of halogens is 1. The molecule has 0 radical (unpaired) electrons. The Hall–Kier alpha value is -1.06. The van der Waals surface area contributed by atoms with Gasteiger partial charge in [0.15, 0.2) is 0 Å². The van der Waals surface area contributed by atoms with E-state index in [-0.39, 0.29) is 12.4 Å². The lowest BCUT2D eigenvalue weighted by Gasteiger charge is -2.29. The Kier molecular flexibility index (Phi) is 4.77. The van der Waals surface area contributed by atoms with Gasteiger partial charge in [0.25, 0.3) is 0 Å². The van der Waals surface area contributed by atoms with Crippen molar-refractivity contribution in [1.82, 2.24) is 5.32 Å². The lowest BCUT2D eigenvalue weighted by Crippen LogP contribution is -2.43. The number of rotatable bonds is 2. The van der Waals surface area contributed by atoms with E-state index >= 15 is 0 Å². The Bertz CT molecular complexity index is 362. The fraction of sp³-hybridized carbons (Fsp3) is 0.417. The van der Waals surface area contributed by atoms with Crippen molar-refractivity contribution in [2.45, 2.75) is 6.92 Å². The van der Waals surface area contributed by atoms with Crippen LogP contribution in [-0.4, -0.2) is 32.5 Å². The molecule has 0 saturated carbocycles. The SMILES string of the molecule is Cc1cc(C=O)cc(N2CCNCC2)c1.Cl. The number of aryl methyl sites for hydroxylation is 1. The van der Waals surface area contributed by atoms with Gasteiger partial charge < -0.3 is 10.2 Å². The molecule has 2 rings (SSSR count). The molecule has 1 aliphatic rings. The number of carbonyl (C=O) groups is 1. The monoisotopic (exact) mass is 240 g/mol. The second-order valence-corrected chi connectivity index (χ2v) is 3.96. The van der Waals surface area contributed by atoms with Gasteiger partial charge in [-0.3, -0.25) is 4.79 Å². The van der Waals surface area contributed by atoms with Crippen LogP contribution < -0.4 is 10.2 Å². The Labute approximate surface area is 102 Å². The molecule has 0 spiro atoms. The molecule has 0 aromatic heterocycles. The van der Waals surface area contributed by atoms with Gasteiger partial charge in [0, 0.05) is 37.4 Å². The third-order valence-corrected chi connectivity index (χ3v) is 2.70. The van der Waals surface area contributed by atoms with Crippen LogP contribution in [0.25, 0.3) is 0 Å². The van der Waals surface area contributed by atoms with Crippen molar-refractivity contribution < 1.29 is 4.79 Å². The molecule has 1 aliphatic heterocycles. The maximum absolute atomic E-state index is 10.8. The summed E-state index contributed by atoms with van der Waals surface area (Å²) in [6.45, 7) is 6.09. The predicted molar refractivity (Wildman–Crippen MR) is 68.9 cm³/mol. The predicted octanol–water partition coefficient (Wildman–Crippen LogP) is 1.64. The topological polar surface area (TPSA) is 32.3 Å². The number of nitrogens with one attached hydrogen (secondary N) is 1. The van der Waals surface area contributed by atoms with E-state index in [2.05, 4.69) is 16.3 Å². The third-order valence-electron chi connectivity index (χ3n) is 2.70. The van der Waals surface area contributed by atoms with E-state index in [0.29, 0.717) is 0 Å². The molecule has 1 aromatic carbocycles. The molecule has 0 unspecified atom stereocenters. The Morgan fingerprint density at radius 1 is 1.25 bits per heavy atom. The van der Waals surface area contributed by atoms with Crippen LogP contribution in [0.4, 0.5) is 5.69 Å². The summed E-state index contributed by atoms with van der Waals surface area (Å²) in [6, 6.07) is 6.02. The highest BCUT2D eigenvalue weighted by atomic mass is 35.5. The minimum Gasteiger partial charge on any atom is -0.369 e. The highest BCUT2D eigenvalue weighted by molar-refractivity contribution is 5.85. The Morgan fingerprint density at radius 2 is 1.94 bits per heavy atom. The lowest BCUT2D eigenvalue weighted by molar-refractivity contribution is 0.112. The van der Waals surface area contributed by atoms with E-state index in [1.54, 1.807) is 0 Å². The molecule has 16 heavy (non-hydrogen) atoms. The molecule has 0 bridgehead atoms. The number of benzene rings is 1. The van der Waals surface area contributed by atoms with Gasteiger partial charge in [0.05, 0.1) is 0 Å². The smallest absolute Gasteiger partial charge is 0.150 e. The van der Waals surface area contributed by atoms with Crippen LogP contribution in [-0.2, 0) is 0 Å². The number of anilines is 1. The van der Waals surface area contributed by atoms with Crippen LogP contribution in [0.1, 0.15) is 15.9 Å². The molecule has 3 nitrogen and oxygen atoms in total. The first-order valence-corrected chi connectivity index (χ1v) is 5.32. The van der Waals surface area contributed by atoms with Crippen molar-refractivity contribution in [3.05, 3.63) is 29.3 Å². The highest BCUT2D eigenvalue weighted by Gasteiger charge is 2.10. The maximum atomic E-state index is 10.8. The van der Waals surface area contributed by atoms with Crippen LogP contribution in [0.5, 0.6) is 0 Å². The van der Waals surface area contributed by atoms with Crippen molar-refractivity contribution in [3.8, 4) is 0 Å². The number of hydrogen-bond acceptors (Lipinski definition) is 3. The molecule has 0 atom stereocenters. The minimum atomic E-state index is 0. The van der Waals surface area contributed by atoms with E-state index in [1.165, 1.54) is 5.69 Å². The van der Waals surface area contributed by atoms with Crippen LogP contribution in [0, 0.1) is 6.92 Å². The molecule has 1 aromatic rings. The zero-order chi connectivity index (χ0) is 10.7. The molecule has 0 amide bonds. The number of aldehydes is 1. The van der Waals surface area contributed by atoms with Gasteiger partial charge in [-0.05, 0) is 30.7 Å². The first-order valence-electron chi connectivity index (χ1n) is 5.32. The van der Waals surface area contributed by atoms with Crippen molar-refractivity contribution in [3.63, 3.8) is 0 Å². The van der Waals surface area contributed by atoms with Crippen molar-refractivity contribution in [2.75, 3.05) is 31.1 Å². The fourth-order valence-electron chi connectivity index (χ4n) is 1.97. The van der Waals surface area contributed by atoms with E-state index in [9.17, 15) is 4.79 Å². The van der Waals surface area contributed by atoms with Crippen LogP contribution in [0.2, 0.25) is 0 Å². The van der Waals surface area contributed by atoms with Crippen molar-refractivity contribution >= 4 is 24.4 Å². The normalized spacial score (nSPS) is 15.4. The molecular formula is C12H17ClN2O. The molecule has 1 fully saturated rings. The number of nitrogens with zero attached hydrogens (tertiary/aromatic N) is 1. The van der Waals surface area contributed by atoms with Gasteiger partial charge >= 0.3 is 0 Å². The molecule has 4 heteroatoms. The maximum Gasteiger partial charge on any atom is 0.150 e. The fourth-order valence-corrected chi connectivity index (χ4v) is 1.97. The molecule has 1 heterocycles. The summed E-state index contributed by atoms with van der Waals surface area (Å²) in [5.74, 6) is 0. The Morgan fingerprint density at radius 3 is 2.56 bits per heavy atom. The lowest BCUT2D eigenvalue weighted by atomic mass is 10.1. The van der Waals surface area contributed by atoms with Crippen LogP contribution in [0.3, 0.4) is 0 Å². The highest BCUT2D eigenvalue weighted by Crippen LogP contribution is 2.18. The summed E-state index contributed by atoms with van der Waals surface area (Å²) in [5, 5.41) is 3.32. The summed E-state index contributed by atoms with van der Waals surface area (Å²) in [7, 11) is 0. The van der Waals surface area contributed by atoms with Gasteiger partial charge in [0.2, 0.25) is 0 Å². The first kappa shape index (κ1) is 13.0. The largest absolute Gasteiger partial charge is 0.369 e. The summed E-state index contributed by atoms with van der Waals surface area (Å²) >= 11 is 0. The van der Waals surface area contributed by atoms with Gasteiger partial charge in [-0.1, -0.05) is 0 Å². The summed E-state index contributed by atoms with van der Waals surface area (Å²) in [5.41, 5.74) is 3.08. The van der Waals surface area contributed by atoms with E-state index in [0.717, 1.165) is 43.6 Å². The average molecular weight is 241 g/mol. The molecule has 0 aliphatic carbocycles. The number of hydrogen-bond donors (Lipinski definition) is 1. The average Bonchev–Trinajstić information content (AvgIpc) is 2.29. The minimum absolute atomic E-state index is 0. The second kappa shape index (κ2) is 5.87. The number of carbonyl (C=O) groups excluding carboxylic acids is 1. The van der Waals surface area contributed by atoms with E-state index < -0.39 is 0 Å².